The summed E-state index contributed by atoms with van der Waals surface area (Å²) in [4.78, 5) is 23.5. The highest BCUT2D eigenvalue weighted by Crippen LogP contribution is 2.61. The summed E-state index contributed by atoms with van der Waals surface area (Å²) in [6.45, 7) is 3.65. The Morgan fingerprint density at radius 2 is 1.83 bits per heavy atom. The van der Waals surface area contributed by atoms with Gasteiger partial charge in [-0.1, -0.05) is 17.7 Å². The predicted octanol–water partition coefficient (Wildman–Crippen LogP) is 3.74. The topological polar surface area (TPSA) is 87.6 Å². The van der Waals surface area contributed by atoms with Crippen molar-refractivity contribution in [1.82, 2.24) is 14.9 Å². The van der Waals surface area contributed by atoms with Crippen LogP contribution in [0.15, 0.2) is 30.6 Å². The van der Waals surface area contributed by atoms with Crippen molar-refractivity contribution in [2.24, 2.45) is 23.2 Å². The van der Waals surface area contributed by atoms with E-state index >= 15 is 0 Å². The zero-order valence-electron chi connectivity index (χ0n) is 20.6. The molecule has 186 valence electrons. The van der Waals surface area contributed by atoms with Gasteiger partial charge < -0.3 is 20.1 Å². The Hall–Kier alpha value is -2.67. The molecule has 1 aliphatic heterocycles. The van der Waals surface area contributed by atoms with Crippen LogP contribution in [0.25, 0.3) is 0 Å². The van der Waals surface area contributed by atoms with Crippen LogP contribution in [0.3, 0.4) is 0 Å². The number of hydrogen-bond donors (Lipinski definition) is 2. The first kappa shape index (κ1) is 22.8. The molecule has 0 spiro atoms. The minimum absolute atomic E-state index is 0.0197. The van der Waals surface area contributed by atoms with E-state index in [9.17, 15) is 9.90 Å². The second kappa shape index (κ2) is 9.08. The summed E-state index contributed by atoms with van der Waals surface area (Å²) in [5, 5.41) is 14.8. The number of ether oxygens (including phenoxy) is 1. The van der Waals surface area contributed by atoms with Crippen molar-refractivity contribution in [3.8, 4) is 5.75 Å². The van der Waals surface area contributed by atoms with E-state index in [1.54, 1.807) is 11.2 Å². The van der Waals surface area contributed by atoms with Gasteiger partial charge in [-0.05, 0) is 87.2 Å². The third-order valence-electron chi connectivity index (χ3n) is 9.00. The number of rotatable bonds is 7. The van der Waals surface area contributed by atoms with Crippen LogP contribution in [0.2, 0.25) is 0 Å². The van der Waals surface area contributed by atoms with Gasteiger partial charge in [-0.3, -0.25) is 4.79 Å². The summed E-state index contributed by atoms with van der Waals surface area (Å²) in [7, 11) is 0. The molecule has 2 heterocycles. The first-order valence-corrected chi connectivity index (χ1v) is 13.2. The van der Waals surface area contributed by atoms with Gasteiger partial charge in [-0.15, -0.1) is 0 Å². The molecule has 2 aromatic rings. The summed E-state index contributed by atoms with van der Waals surface area (Å²) < 4.78 is 5.69. The highest BCUT2D eigenvalue weighted by atomic mass is 16.5. The summed E-state index contributed by atoms with van der Waals surface area (Å²) in [5.41, 5.74) is 3.19. The zero-order chi connectivity index (χ0) is 24.0. The van der Waals surface area contributed by atoms with Crippen LogP contribution in [0, 0.1) is 30.1 Å². The molecule has 0 radical (unpaired) electrons. The van der Waals surface area contributed by atoms with E-state index in [-0.39, 0.29) is 24.0 Å². The molecule has 4 aliphatic carbocycles. The molecular formula is C28H36N4O3. The zero-order valence-corrected chi connectivity index (χ0v) is 20.6. The van der Waals surface area contributed by atoms with E-state index in [4.69, 9.17) is 4.74 Å². The Kier molecular flexibility index (Phi) is 5.91. The largest absolute Gasteiger partial charge is 0.484 e. The van der Waals surface area contributed by atoms with Gasteiger partial charge in [0.05, 0.1) is 18.3 Å². The molecule has 0 saturated heterocycles. The number of benzene rings is 1. The maximum atomic E-state index is 12.8. The fraction of sp³-hybridized carbons (Fsp3) is 0.607. The molecule has 4 saturated carbocycles. The Bertz CT molecular complexity index is 1050. The van der Waals surface area contributed by atoms with Crippen molar-refractivity contribution in [1.29, 1.82) is 0 Å². The van der Waals surface area contributed by atoms with E-state index in [2.05, 4.69) is 15.3 Å². The van der Waals surface area contributed by atoms with Crippen molar-refractivity contribution in [3.63, 3.8) is 0 Å². The van der Waals surface area contributed by atoms with E-state index in [1.807, 2.05) is 31.2 Å². The van der Waals surface area contributed by atoms with Gasteiger partial charge in [0, 0.05) is 18.7 Å². The minimum Gasteiger partial charge on any atom is -0.484 e. The van der Waals surface area contributed by atoms with Crippen LogP contribution >= 0.6 is 0 Å². The van der Waals surface area contributed by atoms with Crippen LogP contribution in [-0.4, -0.2) is 51.7 Å². The molecule has 1 aromatic heterocycles. The predicted molar refractivity (Wildman–Crippen MR) is 133 cm³/mol. The number of anilines is 1. The maximum Gasteiger partial charge on any atom is 0.260 e. The Balaban J connectivity index is 1.06. The number of amides is 1. The molecule has 1 aromatic carbocycles. The monoisotopic (exact) mass is 476 g/mol. The first-order chi connectivity index (χ1) is 17.0. The van der Waals surface area contributed by atoms with Gasteiger partial charge in [0.15, 0.2) is 6.61 Å². The summed E-state index contributed by atoms with van der Waals surface area (Å²) in [6, 6.07) is 7.72. The molecule has 1 amide bonds. The lowest BCUT2D eigenvalue weighted by atomic mass is 9.48. The lowest BCUT2D eigenvalue weighted by molar-refractivity contribution is -0.134. The molecule has 4 bridgehead atoms. The normalized spacial score (nSPS) is 29.5. The maximum absolute atomic E-state index is 12.8. The van der Waals surface area contributed by atoms with Crippen LogP contribution < -0.4 is 10.1 Å². The minimum atomic E-state index is -0.345. The molecule has 4 fully saturated rings. The highest BCUT2D eigenvalue weighted by molar-refractivity contribution is 5.78. The second-order valence-electron chi connectivity index (χ2n) is 11.5. The van der Waals surface area contributed by atoms with Crippen molar-refractivity contribution < 1.29 is 14.6 Å². The number of nitrogens with one attached hydrogen (secondary N) is 1. The van der Waals surface area contributed by atoms with Crippen LogP contribution in [0.1, 0.15) is 55.3 Å². The lowest BCUT2D eigenvalue weighted by Gasteiger charge is -2.58. The number of aliphatic hydroxyl groups is 1. The molecule has 1 unspecified atom stereocenters. The van der Waals surface area contributed by atoms with Crippen molar-refractivity contribution in [2.75, 3.05) is 25.0 Å². The van der Waals surface area contributed by atoms with Gasteiger partial charge >= 0.3 is 0 Å². The average molecular weight is 477 g/mol. The fourth-order valence-electron chi connectivity index (χ4n) is 7.59. The number of aryl methyl sites for hydroxylation is 1. The Morgan fingerprint density at radius 1 is 1.14 bits per heavy atom. The lowest BCUT2D eigenvalue weighted by Crippen LogP contribution is -2.53. The number of carbonyl (C=O) groups is 1. The van der Waals surface area contributed by atoms with Gasteiger partial charge in [-0.2, -0.15) is 0 Å². The van der Waals surface area contributed by atoms with Gasteiger partial charge in [-0.25, -0.2) is 9.97 Å². The summed E-state index contributed by atoms with van der Waals surface area (Å²) >= 11 is 0. The number of nitrogens with zero attached hydrogens (tertiary/aromatic N) is 3. The molecule has 7 rings (SSSR count). The average Bonchev–Trinajstić information content (AvgIpc) is 2.85. The molecular weight excluding hydrogens is 440 g/mol. The molecule has 7 heteroatoms. The fourth-order valence-corrected chi connectivity index (χ4v) is 7.59. The Labute approximate surface area is 207 Å². The number of hydrogen-bond acceptors (Lipinski definition) is 6. The van der Waals surface area contributed by atoms with E-state index < -0.39 is 0 Å². The SMILES string of the molecule is Cc1ccc(OCC(=O)N2CCc3c(ncnc3NCC(O)C34CC5CC(CC(C5)C3)C4)C2)cc1. The first-order valence-electron chi connectivity index (χ1n) is 13.2. The van der Waals surface area contributed by atoms with Crippen molar-refractivity contribution in [2.45, 2.75) is 64.5 Å². The number of aliphatic hydroxyl groups excluding tert-OH is 1. The van der Waals surface area contributed by atoms with E-state index in [0.717, 1.165) is 40.4 Å². The van der Waals surface area contributed by atoms with Gasteiger partial charge in [0.2, 0.25) is 0 Å². The standard InChI is InChI=1S/C28H36N4O3/c1-18-2-4-22(5-3-18)35-16-26(34)32-7-6-23-24(15-32)30-17-31-27(23)29-14-25(33)28-11-19-8-20(12-28)10-21(9-19)13-28/h2-5,17,19-21,25,33H,6-16H2,1H3,(H,29,30,31). The van der Waals surface area contributed by atoms with Crippen LogP contribution in [-0.2, 0) is 17.8 Å². The molecule has 35 heavy (non-hydrogen) atoms. The van der Waals surface area contributed by atoms with Gasteiger partial charge in [0.1, 0.15) is 17.9 Å². The molecule has 2 N–H and O–H groups in total. The third-order valence-corrected chi connectivity index (χ3v) is 9.00. The van der Waals surface area contributed by atoms with Crippen molar-refractivity contribution >= 4 is 11.7 Å². The van der Waals surface area contributed by atoms with E-state index in [1.165, 1.54) is 38.5 Å². The number of carbonyl (C=O) groups excluding carboxylic acids is 1. The van der Waals surface area contributed by atoms with Crippen LogP contribution in [0.4, 0.5) is 5.82 Å². The molecule has 1 atom stereocenters. The highest BCUT2D eigenvalue weighted by Gasteiger charge is 2.53. The van der Waals surface area contributed by atoms with Gasteiger partial charge in [0.25, 0.3) is 5.91 Å². The van der Waals surface area contributed by atoms with Crippen molar-refractivity contribution in [3.05, 3.63) is 47.4 Å². The number of aromatic nitrogens is 2. The summed E-state index contributed by atoms with van der Waals surface area (Å²) in [5.74, 6) is 3.93. The van der Waals surface area contributed by atoms with Crippen LogP contribution in [0.5, 0.6) is 5.75 Å². The summed E-state index contributed by atoms with van der Waals surface area (Å²) in [6.07, 6.45) is 9.61. The molecule has 5 aliphatic rings. The smallest absolute Gasteiger partial charge is 0.260 e. The van der Waals surface area contributed by atoms with E-state index in [0.29, 0.717) is 31.8 Å². The Morgan fingerprint density at radius 3 is 2.51 bits per heavy atom. The number of fused-ring (bicyclic) bond motifs is 1. The second-order valence-corrected chi connectivity index (χ2v) is 11.5. The molecule has 7 nitrogen and oxygen atoms in total. The third kappa shape index (κ3) is 4.51. The quantitative estimate of drug-likeness (QED) is 0.633.